The van der Waals surface area contributed by atoms with Gasteiger partial charge in [0.25, 0.3) is 0 Å². The summed E-state index contributed by atoms with van der Waals surface area (Å²) in [7, 11) is 1.66. The quantitative estimate of drug-likeness (QED) is 0.711. The van der Waals surface area contributed by atoms with Gasteiger partial charge in [-0.3, -0.25) is 0 Å². The van der Waals surface area contributed by atoms with E-state index < -0.39 is 11.7 Å². The smallest absolute Gasteiger partial charge is 0.417 e. The Labute approximate surface area is 153 Å². The van der Waals surface area contributed by atoms with Gasteiger partial charge in [0.2, 0.25) is 5.95 Å². The Morgan fingerprint density at radius 1 is 1.07 bits per heavy atom. The first-order valence-corrected chi connectivity index (χ1v) is 8.20. The fourth-order valence-electron chi connectivity index (χ4n) is 2.74. The summed E-state index contributed by atoms with van der Waals surface area (Å²) in [5, 5.41) is 3.41. The molecule has 0 saturated heterocycles. The third-order valence-corrected chi connectivity index (χ3v) is 3.76. The van der Waals surface area contributed by atoms with Crippen molar-refractivity contribution in [2.24, 2.45) is 0 Å². The molecular weight excluding hydrogens is 359 g/mol. The van der Waals surface area contributed by atoms with Gasteiger partial charge in [0, 0.05) is 7.05 Å². The maximum absolute atomic E-state index is 13.6. The SMILES string of the molecule is CNc1nc(N)nc2nc(-c3c(OC(C)C)cccc3C(F)(F)F)ccc12. The summed E-state index contributed by atoms with van der Waals surface area (Å²) in [6.45, 7) is 3.48. The van der Waals surface area contributed by atoms with Crippen LogP contribution in [0.4, 0.5) is 24.9 Å². The van der Waals surface area contributed by atoms with Crippen LogP contribution in [-0.2, 0) is 6.18 Å². The monoisotopic (exact) mass is 377 g/mol. The van der Waals surface area contributed by atoms with Crippen LogP contribution in [0.25, 0.3) is 22.3 Å². The lowest BCUT2D eigenvalue weighted by atomic mass is 10.0. The number of ether oxygens (including phenoxy) is 1. The number of pyridine rings is 1. The predicted octanol–water partition coefficient (Wildman–Crippen LogP) is 4.12. The molecule has 0 amide bonds. The molecule has 6 nitrogen and oxygen atoms in total. The zero-order chi connectivity index (χ0) is 19.8. The van der Waals surface area contributed by atoms with Gasteiger partial charge in [-0.25, -0.2) is 4.98 Å². The number of nitrogens with one attached hydrogen (secondary N) is 1. The maximum Gasteiger partial charge on any atom is 0.417 e. The van der Waals surface area contributed by atoms with Crippen LogP contribution in [0, 0.1) is 0 Å². The van der Waals surface area contributed by atoms with Gasteiger partial charge in [-0.2, -0.15) is 23.1 Å². The minimum atomic E-state index is -4.57. The van der Waals surface area contributed by atoms with E-state index in [1.54, 1.807) is 27.0 Å². The van der Waals surface area contributed by atoms with Gasteiger partial charge >= 0.3 is 6.18 Å². The third-order valence-electron chi connectivity index (χ3n) is 3.76. The molecule has 0 spiro atoms. The summed E-state index contributed by atoms with van der Waals surface area (Å²) in [6.07, 6.45) is -4.87. The second-order valence-corrected chi connectivity index (χ2v) is 6.09. The number of nitrogen functional groups attached to an aromatic ring is 1. The van der Waals surface area contributed by atoms with E-state index >= 15 is 0 Å². The Hall–Kier alpha value is -3.10. The minimum Gasteiger partial charge on any atom is -0.490 e. The molecule has 0 aliphatic heterocycles. The normalized spacial score (nSPS) is 11.8. The van der Waals surface area contributed by atoms with Gasteiger partial charge in [-0.15, -0.1) is 0 Å². The van der Waals surface area contributed by atoms with Crippen molar-refractivity contribution in [3.05, 3.63) is 35.9 Å². The number of fused-ring (bicyclic) bond motifs is 1. The molecule has 142 valence electrons. The molecule has 0 unspecified atom stereocenters. The summed E-state index contributed by atoms with van der Waals surface area (Å²) >= 11 is 0. The molecule has 2 aromatic heterocycles. The van der Waals surface area contributed by atoms with Crippen molar-refractivity contribution in [1.82, 2.24) is 15.0 Å². The van der Waals surface area contributed by atoms with Crippen molar-refractivity contribution in [1.29, 1.82) is 0 Å². The van der Waals surface area contributed by atoms with Crippen LogP contribution in [0.5, 0.6) is 5.75 Å². The molecule has 27 heavy (non-hydrogen) atoms. The van der Waals surface area contributed by atoms with Crippen LogP contribution in [-0.4, -0.2) is 28.1 Å². The van der Waals surface area contributed by atoms with Crippen molar-refractivity contribution in [3.63, 3.8) is 0 Å². The van der Waals surface area contributed by atoms with Gasteiger partial charge in [0.05, 0.1) is 28.3 Å². The topological polar surface area (TPSA) is 86.0 Å². The number of nitrogens with two attached hydrogens (primary N) is 1. The third kappa shape index (κ3) is 3.71. The molecule has 0 atom stereocenters. The summed E-state index contributed by atoms with van der Waals surface area (Å²) in [4.78, 5) is 12.4. The molecule has 1 aromatic carbocycles. The number of anilines is 2. The Bertz CT molecular complexity index is 989. The molecule has 0 radical (unpaired) electrons. The molecule has 3 aromatic rings. The van der Waals surface area contributed by atoms with Crippen LogP contribution < -0.4 is 15.8 Å². The first-order valence-electron chi connectivity index (χ1n) is 8.20. The highest BCUT2D eigenvalue weighted by atomic mass is 19.4. The summed E-state index contributed by atoms with van der Waals surface area (Å²) < 4.78 is 46.4. The molecule has 0 fully saturated rings. The standard InChI is InChI=1S/C18H18F3N5O/c1-9(2)27-13-6-4-5-11(18(19,20)21)14(13)12-8-7-10-15(23-3)25-17(22)26-16(10)24-12/h4-9H,1-3H3,(H3,22,23,24,25,26). The summed E-state index contributed by atoms with van der Waals surface area (Å²) in [6, 6.07) is 6.89. The van der Waals surface area contributed by atoms with Gasteiger partial charge < -0.3 is 15.8 Å². The highest BCUT2D eigenvalue weighted by molar-refractivity contribution is 5.89. The van der Waals surface area contributed by atoms with E-state index in [-0.39, 0.29) is 34.7 Å². The lowest BCUT2D eigenvalue weighted by molar-refractivity contribution is -0.137. The van der Waals surface area contributed by atoms with Gasteiger partial charge in [0.15, 0.2) is 5.65 Å². The lowest BCUT2D eigenvalue weighted by Crippen LogP contribution is -2.12. The number of rotatable bonds is 4. The first-order chi connectivity index (χ1) is 12.7. The van der Waals surface area contributed by atoms with E-state index in [0.29, 0.717) is 11.2 Å². The van der Waals surface area contributed by atoms with Gasteiger partial charge in [0.1, 0.15) is 11.6 Å². The maximum atomic E-state index is 13.6. The van der Waals surface area contributed by atoms with Crippen molar-refractivity contribution in [2.75, 3.05) is 18.1 Å². The zero-order valence-electron chi connectivity index (χ0n) is 14.9. The second-order valence-electron chi connectivity index (χ2n) is 6.09. The lowest BCUT2D eigenvalue weighted by Gasteiger charge is -2.19. The molecule has 0 bridgehead atoms. The van der Waals surface area contributed by atoms with Crippen molar-refractivity contribution >= 4 is 22.8 Å². The molecule has 9 heteroatoms. The number of hydrogen-bond donors (Lipinski definition) is 2. The average Bonchev–Trinajstić information content (AvgIpc) is 2.58. The fourth-order valence-corrected chi connectivity index (χ4v) is 2.74. The molecule has 3 N–H and O–H groups in total. The van der Waals surface area contributed by atoms with Crippen LogP contribution in [0.1, 0.15) is 19.4 Å². The van der Waals surface area contributed by atoms with Crippen LogP contribution in [0.3, 0.4) is 0 Å². The predicted molar refractivity (Wildman–Crippen MR) is 97.5 cm³/mol. The average molecular weight is 377 g/mol. The molecular formula is C18H18F3N5O. The Kier molecular flexibility index (Phi) is 4.77. The number of nitrogens with zero attached hydrogens (tertiary/aromatic N) is 3. The number of hydrogen-bond acceptors (Lipinski definition) is 6. The van der Waals surface area contributed by atoms with Crippen LogP contribution in [0.15, 0.2) is 30.3 Å². The summed E-state index contributed by atoms with van der Waals surface area (Å²) in [5.41, 5.74) is 4.99. The molecule has 2 heterocycles. The number of alkyl halides is 3. The Morgan fingerprint density at radius 2 is 1.81 bits per heavy atom. The number of benzene rings is 1. The molecule has 3 rings (SSSR count). The Morgan fingerprint density at radius 3 is 2.44 bits per heavy atom. The van der Waals surface area contributed by atoms with Crippen molar-refractivity contribution in [2.45, 2.75) is 26.1 Å². The largest absolute Gasteiger partial charge is 0.490 e. The van der Waals surface area contributed by atoms with Crippen molar-refractivity contribution in [3.8, 4) is 17.0 Å². The Balaban J connectivity index is 2.29. The van der Waals surface area contributed by atoms with E-state index in [1.165, 1.54) is 18.2 Å². The van der Waals surface area contributed by atoms with E-state index in [9.17, 15) is 13.2 Å². The highest BCUT2D eigenvalue weighted by Crippen LogP contribution is 2.42. The number of halogens is 3. The number of aromatic nitrogens is 3. The molecule has 0 aliphatic rings. The van der Waals surface area contributed by atoms with Crippen molar-refractivity contribution < 1.29 is 17.9 Å². The van der Waals surface area contributed by atoms with Gasteiger partial charge in [-0.1, -0.05) is 6.07 Å². The van der Waals surface area contributed by atoms with Crippen LogP contribution >= 0.6 is 0 Å². The van der Waals surface area contributed by atoms with E-state index in [0.717, 1.165) is 6.07 Å². The fraction of sp³-hybridized carbons (Fsp3) is 0.278. The van der Waals surface area contributed by atoms with Crippen LogP contribution in [0.2, 0.25) is 0 Å². The second kappa shape index (κ2) is 6.90. The minimum absolute atomic E-state index is 0.0285. The van der Waals surface area contributed by atoms with E-state index in [2.05, 4.69) is 20.3 Å². The molecule has 0 aliphatic carbocycles. The highest BCUT2D eigenvalue weighted by Gasteiger charge is 2.35. The van der Waals surface area contributed by atoms with E-state index in [1.807, 2.05) is 0 Å². The summed E-state index contributed by atoms with van der Waals surface area (Å²) in [5.74, 6) is 0.515. The zero-order valence-corrected chi connectivity index (χ0v) is 14.9. The first kappa shape index (κ1) is 18.7. The molecule has 0 saturated carbocycles. The van der Waals surface area contributed by atoms with Gasteiger partial charge in [-0.05, 0) is 38.1 Å². The van der Waals surface area contributed by atoms with E-state index in [4.69, 9.17) is 10.5 Å².